The Morgan fingerprint density at radius 1 is 1.33 bits per heavy atom. The van der Waals surface area contributed by atoms with E-state index < -0.39 is 14.4 Å². The van der Waals surface area contributed by atoms with E-state index in [2.05, 4.69) is 33.9 Å². The van der Waals surface area contributed by atoms with E-state index in [9.17, 15) is 9.59 Å². The molecular weight excluding hydrogens is 360 g/mol. The first-order valence-electron chi connectivity index (χ1n) is 9.97. The minimum absolute atomic E-state index is 0.0175. The molecule has 27 heavy (non-hydrogen) atoms. The van der Waals surface area contributed by atoms with Gasteiger partial charge >= 0.3 is 5.97 Å². The zero-order valence-corrected chi connectivity index (χ0v) is 18.7. The highest BCUT2D eigenvalue weighted by Gasteiger charge is 2.47. The van der Waals surface area contributed by atoms with Gasteiger partial charge in [-0.15, -0.1) is 0 Å². The minimum Gasteiger partial charge on any atom is -0.467 e. The molecule has 1 aliphatic carbocycles. The molecule has 2 N–H and O–H groups in total. The van der Waals surface area contributed by atoms with Crippen LogP contribution < -0.4 is 5.73 Å². The number of methoxy groups -OCH3 is 1. The molecular formula is C20H36N2O4Si. The van der Waals surface area contributed by atoms with Crippen molar-refractivity contribution in [2.75, 3.05) is 20.2 Å². The van der Waals surface area contributed by atoms with Crippen molar-refractivity contribution in [3.63, 3.8) is 0 Å². The molecule has 2 fully saturated rings. The summed E-state index contributed by atoms with van der Waals surface area (Å²) >= 11 is 0. The van der Waals surface area contributed by atoms with Crippen molar-refractivity contribution in [3.05, 3.63) is 11.6 Å². The molecule has 2 rings (SSSR count). The average Bonchev–Trinajstić information content (AvgIpc) is 3.19. The van der Waals surface area contributed by atoms with Crippen LogP contribution in [-0.4, -0.2) is 57.4 Å². The molecule has 0 spiro atoms. The van der Waals surface area contributed by atoms with Gasteiger partial charge in [0.1, 0.15) is 6.04 Å². The van der Waals surface area contributed by atoms with E-state index >= 15 is 0 Å². The summed E-state index contributed by atoms with van der Waals surface area (Å²) in [4.78, 5) is 27.3. The second kappa shape index (κ2) is 8.45. The van der Waals surface area contributed by atoms with Crippen molar-refractivity contribution >= 4 is 20.2 Å². The van der Waals surface area contributed by atoms with Gasteiger partial charge in [0.05, 0.1) is 19.1 Å². The molecule has 0 aromatic carbocycles. The number of ether oxygens (including phenoxy) is 1. The Balaban J connectivity index is 2.19. The van der Waals surface area contributed by atoms with Gasteiger partial charge in [-0.05, 0) is 37.4 Å². The Hall–Kier alpha value is -1.18. The van der Waals surface area contributed by atoms with Crippen LogP contribution in [-0.2, 0) is 18.8 Å². The van der Waals surface area contributed by atoms with Gasteiger partial charge in [0.15, 0.2) is 8.32 Å². The van der Waals surface area contributed by atoms with Crippen LogP contribution in [0.4, 0.5) is 0 Å². The number of esters is 1. The van der Waals surface area contributed by atoms with Gasteiger partial charge < -0.3 is 19.8 Å². The first-order valence-corrected chi connectivity index (χ1v) is 12.9. The van der Waals surface area contributed by atoms with Crippen LogP contribution in [0, 0.1) is 5.92 Å². The number of likely N-dealkylation sites (tertiary alicyclic amines) is 1. The molecule has 1 unspecified atom stereocenters. The molecule has 154 valence electrons. The highest BCUT2D eigenvalue weighted by molar-refractivity contribution is 6.74. The van der Waals surface area contributed by atoms with Crippen LogP contribution >= 0.6 is 0 Å². The summed E-state index contributed by atoms with van der Waals surface area (Å²) in [5, 5.41) is 0.0771. The fraction of sp³-hybridized carbons (Fsp3) is 0.800. The van der Waals surface area contributed by atoms with E-state index in [1.54, 1.807) is 4.90 Å². The summed E-state index contributed by atoms with van der Waals surface area (Å²) in [7, 11) is -0.607. The topological polar surface area (TPSA) is 81.9 Å². The highest BCUT2D eigenvalue weighted by atomic mass is 28.4. The zero-order chi connectivity index (χ0) is 20.4. The third kappa shape index (κ3) is 4.81. The minimum atomic E-state index is -1.98. The molecule has 7 heteroatoms. The normalized spacial score (nSPS) is 28.0. The second-order valence-electron chi connectivity index (χ2n) is 9.22. The van der Waals surface area contributed by atoms with Crippen molar-refractivity contribution < 1.29 is 18.8 Å². The molecule has 1 aliphatic heterocycles. The van der Waals surface area contributed by atoms with Crippen LogP contribution in [0.25, 0.3) is 0 Å². The van der Waals surface area contributed by atoms with Gasteiger partial charge in [-0.3, -0.25) is 4.79 Å². The molecule has 1 saturated heterocycles. The summed E-state index contributed by atoms with van der Waals surface area (Å²) in [5.41, 5.74) is 6.77. The maximum atomic E-state index is 13.3. The summed E-state index contributed by atoms with van der Waals surface area (Å²) in [6.45, 7) is 11.9. The fourth-order valence-electron chi connectivity index (χ4n) is 3.83. The molecule has 3 atom stereocenters. The van der Waals surface area contributed by atoms with Crippen LogP contribution in [0.3, 0.4) is 0 Å². The Kier molecular flexibility index (Phi) is 6.92. The SMILES string of the molecule is COC(=O)[C@@H]1C[C@@H](O[Si](C)(C)C(C)(C)C)CN1C(=O)C1CCCC1=CCN. The largest absolute Gasteiger partial charge is 0.467 e. The van der Waals surface area contributed by atoms with Crippen LogP contribution in [0.1, 0.15) is 46.5 Å². The van der Waals surface area contributed by atoms with E-state index in [0.717, 1.165) is 24.8 Å². The van der Waals surface area contributed by atoms with Gasteiger partial charge in [-0.1, -0.05) is 32.4 Å². The predicted molar refractivity (Wildman–Crippen MR) is 109 cm³/mol. The number of hydrogen-bond acceptors (Lipinski definition) is 5. The van der Waals surface area contributed by atoms with Crippen molar-refractivity contribution in [3.8, 4) is 0 Å². The Morgan fingerprint density at radius 3 is 2.56 bits per heavy atom. The molecule has 6 nitrogen and oxygen atoms in total. The Morgan fingerprint density at radius 2 is 2.00 bits per heavy atom. The van der Waals surface area contributed by atoms with Gasteiger partial charge in [-0.25, -0.2) is 4.79 Å². The van der Waals surface area contributed by atoms with Gasteiger partial charge in [0, 0.05) is 19.5 Å². The maximum absolute atomic E-state index is 13.3. The van der Waals surface area contributed by atoms with E-state index in [1.807, 2.05) is 6.08 Å². The lowest BCUT2D eigenvalue weighted by molar-refractivity contribution is -0.151. The number of carbonyl (C=O) groups is 2. The first kappa shape index (κ1) is 22.1. The Labute approximate surface area is 164 Å². The van der Waals surface area contributed by atoms with E-state index in [0.29, 0.717) is 19.5 Å². The lowest BCUT2D eigenvalue weighted by Gasteiger charge is -2.38. The quantitative estimate of drug-likeness (QED) is 0.439. The van der Waals surface area contributed by atoms with Crippen molar-refractivity contribution in [2.45, 2.75) is 76.7 Å². The average molecular weight is 397 g/mol. The number of carbonyl (C=O) groups excluding carboxylic acids is 2. The van der Waals surface area contributed by atoms with Gasteiger partial charge in [-0.2, -0.15) is 0 Å². The van der Waals surface area contributed by atoms with Gasteiger partial charge in [0.25, 0.3) is 0 Å². The molecule has 1 heterocycles. The van der Waals surface area contributed by atoms with Crippen LogP contribution in [0.2, 0.25) is 18.1 Å². The van der Waals surface area contributed by atoms with Gasteiger partial charge in [0.2, 0.25) is 5.91 Å². The standard InChI is InChI=1S/C20H36N2O4Si/c1-20(2,3)27(5,6)26-15-12-17(19(24)25-4)22(13-15)18(23)16-9-7-8-14(16)10-11-21/h10,15-17H,7-9,11-13,21H2,1-6H3/t15-,16?,17+/m1/s1. The lowest BCUT2D eigenvalue weighted by atomic mass is 10.00. The summed E-state index contributed by atoms with van der Waals surface area (Å²) in [6.07, 6.45) is 5.07. The number of rotatable bonds is 5. The number of amides is 1. The summed E-state index contributed by atoms with van der Waals surface area (Å²) in [6, 6.07) is -0.558. The van der Waals surface area contributed by atoms with Crippen molar-refractivity contribution in [1.82, 2.24) is 4.90 Å². The van der Waals surface area contributed by atoms with Crippen LogP contribution in [0.5, 0.6) is 0 Å². The monoisotopic (exact) mass is 396 g/mol. The smallest absolute Gasteiger partial charge is 0.328 e. The molecule has 1 amide bonds. The second-order valence-corrected chi connectivity index (χ2v) is 14.0. The van der Waals surface area contributed by atoms with E-state index in [1.165, 1.54) is 7.11 Å². The summed E-state index contributed by atoms with van der Waals surface area (Å²) < 4.78 is 11.5. The Bertz CT molecular complexity index is 597. The van der Waals surface area contributed by atoms with Crippen molar-refractivity contribution in [2.24, 2.45) is 11.7 Å². The fourth-order valence-corrected chi connectivity index (χ4v) is 5.18. The number of nitrogens with zero attached hydrogens (tertiary/aromatic N) is 1. The van der Waals surface area contributed by atoms with E-state index in [4.69, 9.17) is 14.9 Å². The third-order valence-electron chi connectivity index (χ3n) is 6.37. The zero-order valence-electron chi connectivity index (χ0n) is 17.7. The lowest BCUT2D eigenvalue weighted by Crippen LogP contribution is -2.45. The predicted octanol–water partition coefficient (Wildman–Crippen LogP) is 2.84. The number of hydrogen-bond donors (Lipinski definition) is 1. The third-order valence-corrected chi connectivity index (χ3v) is 10.9. The molecule has 0 aromatic heterocycles. The first-order chi connectivity index (χ1) is 12.5. The summed E-state index contributed by atoms with van der Waals surface area (Å²) in [5.74, 6) is -0.497. The van der Waals surface area contributed by atoms with Crippen molar-refractivity contribution in [1.29, 1.82) is 0 Å². The van der Waals surface area contributed by atoms with Crippen LogP contribution in [0.15, 0.2) is 11.6 Å². The van der Waals surface area contributed by atoms with E-state index in [-0.39, 0.29) is 28.9 Å². The highest BCUT2D eigenvalue weighted by Crippen LogP contribution is 2.40. The maximum Gasteiger partial charge on any atom is 0.328 e. The number of nitrogens with two attached hydrogens (primary N) is 1. The molecule has 0 bridgehead atoms. The molecule has 0 aromatic rings. The molecule has 0 radical (unpaired) electrons. The molecule has 1 saturated carbocycles. The molecule has 2 aliphatic rings.